The average Bonchev–Trinajstić information content (AvgIpc) is 3.33. The van der Waals surface area contributed by atoms with Gasteiger partial charge in [0.25, 0.3) is 5.91 Å². The van der Waals surface area contributed by atoms with Crippen LogP contribution in [0.3, 0.4) is 0 Å². The first-order valence-corrected chi connectivity index (χ1v) is 7.65. The van der Waals surface area contributed by atoms with Crippen LogP contribution < -0.4 is 16.0 Å². The van der Waals surface area contributed by atoms with E-state index in [9.17, 15) is 9.59 Å². The molecule has 3 N–H and O–H groups in total. The van der Waals surface area contributed by atoms with Crippen LogP contribution in [0.25, 0.3) is 0 Å². The lowest BCUT2D eigenvalue weighted by Gasteiger charge is -2.21. The smallest absolute Gasteiger partial charge is 0.251 e. The lowest BCUT2D eigenvalue weighted by Crippen LogP contribution is -2.37. The summed E-state index contributed by atoms with van der Waals surface area (Å²) in [5, 5.41) is 9.10. The molecule has 1 unspecified atom stereocenters. The summed E-state index contributed by atoms with van der Waals surface area (Å²) in [5.41, 5.74) is 1.38. The van der Waals surface area contributed by atoms with Gasteiger partial charge in [0.1, 0.15) is 0 Å². The molecule has 0 radical (unpaired) electrons. The number of carbonyl (C=O) groups excluding carboxylic acids is 2. The SMILES string of the molecule is O=C(NC1CC1)c1ccc(NC(=O)C2CCCNC2)cc1. The van der Waals surface area contributed by atoms with Crippen LogP contribution in [-0.4, -0.2) is 30.9 Å². The minimum absolute atomic E-state index is 0.0353. The molecule has 1 aliphatic heterocycles. The van der Waals surface area contributed by atoms with Crippen molar-refractivity contribution in [3.8, 4) is 0 Å². The first-order valence-electron chi connectivity index (χ1n) is 7.65. The number of amides is 2. The summed E-state index contributed by atoms with van der Waals surface area (Å²) < 4.78 is 0. The van der Waals surface area contributed by atoms with Crippen molar-refractivity contribution < 1.29 is 9.59 Å². The maximum absolute atomic E-state index is 12.1. The summed E-state index contributed by atoms with van der Waals surface area (Å²) >= 11 is 0. The Hall–Kier alpha value is -1.88. The largest absolute Gasteiger partial charge is 0.349 e. The van der Waals surface area contributed by atoms with Gasteiger partial charge < -0.3 is 16.0 Å². The zero-order chi connectivity index (χ0) is 14.7. The van der Waals surface area contributed by atoms with Crippen LogP contribution in [0.5, 0.6) is 0 Å². The summed E-state index contributed by atoms with van der Waals surface area (Å²) in [5.74, 6) is 0.0563. The molecular weight excluding hydrogens is 266 g/mol. The Kier molecular flexibility index (Phi) is 4.20. The molecule has 1 aromatic carbocycles. The summed E-state index contributed by atoms with van der Waals surface area (Å²) in [6.07, 6.45) is 4.13. The molecule has 112 valence electrons. The van der Waals surface area contributed by atoms with Gasteiger partial charge >= 0.3 is 0 Å². The lowest BCUT2D eigenvalue weighted by atomic mass is 9.99. The van der Waals surface area contributed by atoms with Gasteiger partial charge in [-0.2, -0.15) is 0 Å². The maximum atomic E-state index is 12.1. The van der Waals surface area contributed by atoms with Gasteiger partial charge in [-0.3, -0.25) is 9.59 Å². The molecule has 21 heavy (non-hydrogen) atoms. The highest BCUT2D eigenvalue weighted by Gasteiger charge is 2.24. The van der Waals surface area contributed by atoms with E-state index in [-0.39, 0.29) is 17.7 Å². The molecule has 2 fully saturated rings. The standard InChI is InChI=1S/C16H21N3O2/c20-15(18-14-7-8-14)11-3-5-13(6-4-11)19-16(21)12-2-1-9-17-10-12/h3-6,12,14,17H,1-2,7-10H2,(H,18,20)(H,19,21). The second-order valence-electron chi connectivity index (χ2n) is 5.86. The van der Waals surface area contributed by atoms with Gasteiger partial charge in [-0.1, -0.05) is 0 Å². The van der Waals surface area contributed by atoms with Crippen LogP contribution in [0, 0.1) is 5.92 Å². The van der Waals surface area contributed by atoms with E-state index >= 15 is 0 Å². The summed E-state index contributed by atoms with van der Waals surface area (Å²) in [7, 11) is 0. The van der Waals surface area contributed by atoms with Crippen LogP contribution in [0.4, 0.5) is 5.69 Å². The molecular formula is C16H21N3O2. The normalized spacial score (nSPS) is 21.6. The van der Waals surface area contributed by atoms with Crippen molar-refractivity contribution in [3.63, 3.8) is 0 Å². The van der Waals surface area contributed by atoms with Gasteiger partial charge in [0, 0.05) is 23.8 Å². The number of hydrogen-bond donors (Lipinski definition) is 3. The van der Waals surface area contributed by atoms with Crippen molar-refractivity contribution in [3.05, 3.63) is 29.8 Å². The molecule has 0 aromatic heterocycles. The highest BCUT2D eigenvalue weighted by molar-refractivity contribution is 5.96. The van der Waals surface area contributed by atoms with Gasteiger partial charge in [-0.15, -0.1) is 0 Å². The molecule has 1 atom stereocenters. The first-order chi connectivity index (χ1) is 10.2. The molecule has 1 saturated carbocycles. The molecule has 1 saturated heterocycles. The second kappa shape index (κ2) is 6.26. The molecule has 5 heteroatoms. The number of carbonyl (C=O) groups is 2. The van der Waals surface area contributed by atoms with Gasteiger partial charge in [-0.05, 0) is 56.5 Å². The Morgan fingerprint density at radius 1 is 1.10 bits per heavy atom. The topological polar surface area (TPSA) is 70.2 Å². The zero-order valence-electron chi connectivity index (χ0n) is 12.0. The molecule has 1 heterocycles. The Morgan fingerprint density at radius 2 is 1.86 bits per heavy atom. The molecule has 2 aliphatic rings. The third-order valence-corrected chi connectivity index (χ3v) is 3.99. The Labute approximate surface area is 124 Å². The Bertz CT molecular complexity index is 517. The van der Waals surface area contributed by atoms with Crippen LogP contribution in [0.2, 0.25) is 0 Å². The predicted molar refractivity (Wildman–Crippen MR) is 81.2 cm³/mol. The van der Waals surface area contributed by atoms with E-state index in [1.54, 1.807) is 24.3 Å². The Morgan fingerprint density at radius 3 is 2.48 bits per heavy atom. The van der Waals surface area contributed by atoms with E-state index in [4.69, 9.17) is 0 Å². The minimum Gasteiger partial charge on any atom is -0.349 e. The third kappa shape index (κ3) is 3.82. The fourth-order valence-corrected chi connectivity index (χ4v) is 2.52. The highest BCUT2D eigenvalue weighted by Crippen LogP contribution is 2.20. The first kappa shape index (κ1) is 14.1. The molecule has 1 aliphatic carbocycles. The van der Waals surface area contributed by atoms with E-state index in [2.05, 4.69) is 16.0 Å². The minimum atomic E-state index is -0.0353. The van der Waals surface area contributed by atoms with E-state index in [0.717, 1.165) is 44.5 Å². The Balaban J connectivity index is 1.55. The highest BCUT2D eigenvalue weighted by atomic mass is 16.2. The van der Waals surface area contributed by atoms with Crippen molar-refractivity contribution in [2.24, 2.45) is 5.92 Å². The van der Waals surface area contributed by atoms with E-state index < -0.39 is 0 Å². The van der Waals surface area contributed by atoms with Crippen LogP contribution >= 0.6 is 0 Å². The van der Waals surface area contributed by atoms with Crippen molar-refractivity contribution >= 4 is 17.5 Å². The van der Waals surface area contributed by atoms with Crippen LogP contribution in [0.15, 0.2) is 24.3 Å². The maximum Gasteiger partial charge on any atom is 0.251 e. The molecule has 0 spiro atoms. The number of nitrogens with one attached hydrogen (secondary N) is 3. The number of hydrogen-bond acceptors (Lipinski definition) is 3. The fraction of sp³-hybridized carbons (Fsp3) is 0.500. The summed E-state index contributed by atoms with van der Waals surface area (Å²) in [6, 6.07) is 7.45. The van der Waals surface area contributed by atoms with Crippen molar-refractivity contribution in [2.75, 3.05) is 18.4 Å². The molecule has 2 amide bonds. The summed E-state index contributed by atoms with van der Waals surface area (Å²) in [4.78, 5) is 24.0. The quantitative estimate of drug-likeness (QED) is 0.786. The average molecular weight is 287 g/mol. The van der Waals surface area contributed by atoms with Gasteiger partial charge in [-0.25, -0.2) is 0 Å². The van der Waals surface area contributed by atoms with Crippen molar-refractivity contribution in [2.45, 2.75) is 31.7 Å². The fourth-order valence-electron chi connectivity index (χ4n) is 2.52. The van der Waals surface area contributed by atoms with Crippen LogP contribution in [-0.2, 0) is 4.79 Å². The number of anilines is 1. The molecule has 5 nitrogen and oxygen atoms in total. The lowest BCUT2D eigenvalue weighted by molar-refractivity contribution is -0.120. The molecule has 3 rings (SSSR count). The number of rotatable bonds is 4. The second-order valence-corrected chi connectivity index (χ2v) is 5.86. The molecule has 1 aromatic rings. The van der Waals surface area contributed by atoms with Crippen molar-refractivity contribution in [1.29, 1.82) is 0 Å². The van der Waals surface area contributed by atoms with E-state index in [1.165, 1.54) is 0 Å². The van der Waals surface area contributed by atoms with Gasteiger partial charge in [0.05, 0.1) is 5.92 Å². The zero-order valence-corrected chi connectivity index (χ0v) is 12.0. The summed E-state index contributed by atoms with van der Waals surface area (Å²) in [6.45, 7) is 1.74. The van der Waals surface area contributed by atoms with E-state index in [1.807, 2.05) is 0 Å². The third-order valence-electron chi connectivity index (χ3n) is 3.99. The van der Waals surface area contributed by atoms with Gasteiger partial charge in [0.15, 0.2) is 0 Å². The number of benzene rings is 1. The predicted octanol–water partition coefficient (Wildman–Crippen LogP) is 1.52. The monoisotopic (exact) mass is 287 g/mol. The molecule has 0 bridgehead atoms. The number of piperidine rings is 1. The van der Waals surface area contributed by atoms with Crippen molar-refractivity contribution in [1.82, 2.24) is 10.6 Å². The van der Waals surface area contributed by atoms with E-state index in [0.29, 0.717) is 11.6 Å². The van der Waals surface area contributed by atoms with Gasteiger partial charge in [0.2, 0.25) is 5.91 Å². The van der Waals surface area contributed by atoms with Crippen LogP contribution in [0.1, 0.15) is 36.0 Å².